The maximum atomic E-state index is 12.7. The third kappa shape index (κ3) is 3.49. The summed E-state index contributed by atoms with van der Waals surface area (Å²) in [7, 11) is 1.95. The number of piperidine rings is 1. The zero-order valence-corrected chi connectivity index (χ0v) is 15.7. The number of fused-ring (bicyclic) bond motifs is 1. The van der Waals surface area contributed by atoms with Crippen LogP contribution in [-0.2, 0) is 18.4 Å². The second-order valence-electron chi connectivity index (χ2n) is 7.10. The molecule has 3 aromatic rings. The largest absolute Gasteiger partial charge is 0.354 e. The normalized spacial score (nSPS) is 17.3. The molecule has 1 fully saturated rings. The van der Waals surface area contributed by atoms with Crippen LogP contribution in [0.1, 0.15) is 24.1 Å². The number of nitrogens with zero attached hydrogens (tertiary/aromatic N) is 5. The first-order valence-electron chi connectivity index (χ1n) is 9.33. The molecule has 4 heterocycles. The lowest BCUT2D eigenvalue weighted by molar-refractivity contribution is -0.125. The Hall–Kier alpha value is -2.96. The van der Waals surface area contributed by atoms with Gasteiger partial charge in [-0.1, -0.05) is 6.07 Å². The van der Waals surface area contributed by atoms with E-state index in [0.29, 0.717) is 13.1 Å². The standard InChI is InChI=1S/C20H24N6O/c1-14-17-7-9-22-19(18(17)25(2)24-14)26-10-4-6-16(13-26)20(27)23-12-15-5-3-8-21-11-15/h3,5,7-9,11,16H,4,6,10,12-13H2,1-2H3,(H,23,27)/t16-/m1/s1. The highest BCUT2D eigenvalue weighted by Gasteiger charge is 2.28. The van der Waals surface area contributed by atoms with Crippen LogP contribution in [0.25, 0.3) is 10.9 Å². The zero-order valence-electron chi connectivity index (χ0n) is 15.7. The number of amides is 1. The second kappa shape index (κ2) is 7.34. The van der Waals surface area contributed by atoms with Crippen LogP contribution >= 0.6 is 0 Å². The monoisotopic (exact) mass is 364 g/mol. The lowest BCUT2D eigenvalue weighted by Gasteiger charge is -2.33. The number of carbonyl (C=O) groups excluding carboxylic acids is 1. The van der Waals surface area contributed by atoms with Crippen LogP contribution in [0.15, 0.2) is 36.8 Å². The molecule has 7 nitrogen and oxygen atoms in total. The summed E-state index contributed by atoms with van der Waals surface area (Å²) in [6.07, 6.45) is 7.22. The molecule has 1 aliphatic heterocycles. The van der Waals surface area contributed by atoms with E-state index in [9.17, 15) is 4.79 Å². The molecule has 0 aliphatic carbocycles. The summed E-state index contributed by atoms with van der Waals surface area (Å²) >= 11 is 0. The van der Waals surface area contributed by atoms with Crippen molar-refractivity contribution in [3.8, 4) is 0 Å². The van der Waals surface area contributed by atoms with E-state index in [1.165, 1.54) is 0 Å². The number of aromatic nitrogens is 4. The van der Waals surface area contributed by atoms with Gasteiger partial charge < -0.3 is 10.2 Å². The van der Waals surface area contributed by atoms with Crippen LogP contribution in [-0.4, -0.2) is 38.7 Å². The molecule has 140 valence electrons. The summed E-state index contributed by atoms with van der Waals surface area (Å²) in [6.45, 7) is 4.10. The fraction of sp³-hybridized carbons (Fsp3) is 0.400. The number of nitrogens with one attached hydrogen (secondary N) is 1. The van der Waals surface area contributed by atoms with E-state index < -0.39 is 0 Å². The average molecular weight is 364 g/mol. The summed E-state index contributed by atoms with van der Waals surface area (Å²) in [5, 5.41) is 8.69. The van der Waals surface area contributed by atoms with E-state index in [4.69, 9.17) is 0 Å². The quantitative estimate of drug-likeness (QED) is 0.768. The predicted molar refractivity (Wildman–Crippen MR) is 104 cm³/mol. The zero-order chi connectivity index (χ0) is 18.8. The maximum absolute atomic E-state index is 12.7. The van der Waals surface area contributed by atoms with E-state index in [0.717, 1.165) is 47.4 Å². The molecule has 0 bridgehead atoms. The highest BCUT2D eigenvalue weighted by atomic mass is 16.1. The Morgan fingerprint density at radius 3 is 3.04 bits per heavy atom. The molecule has 1 N–H and O–H groups in total. The minimum atomic E-state index is -0.0400. The summed E-state index contributed by atoms with van der Waals surface area (Å²) in [4.78, 5) is 23.6. The Balaban J connectivity index is 1.49. The molecule has 0 aromatic carbocycles. The number of hydrogen-bond donors (Lipinski definition) is 1. The van der Waals surface area contributed by atoms with E-state index in [2.05, 4.69) is 25.3 Å². The van der Waals surface area contributed by atoms with Crippen molar-refractivity contribution in [2.24, 2.45) is 13.0 Å². The molecule has 0 unspecified atom stereocenters. The van der Waals surface area contributed by atoms with Gasteiger partial charge in [0.1, 0.15) is 5.52 Å². The van der Waals surface area contributed by atoms with Gasteiger partial charge in [-0.2, -0.15) is 5.10 Å². The molecular formula is C20H24N6O. The predicted octanol–water partition coefficient (Wildman–Crippen LogP) is 2.20. The van der Waals surface area contributed by atoms with Crippen LogP contribution in [0, 0.1) is 12.8 Å². The van der Waals surface area contributed by atoms with Crippen molar-refractivity contribution in [2.45, 2.75) is 26.3 Å². The van der Waals surface area contributed by atoms with Crippen LogP contribution in [0.4, 0.5) is 5.82 Å². The highest BCUT2D eigenvalue weighted by Crippen LogP contribution is 2.29. The fourth-order valence-electron chi connectivity index (χ4n) is 3.83. The Bertz CT molecular complexity index is 952. The third-order valence-corrected chi connectivity index (χ3v) is 5.20. The van der Waals surface area contributed by atoms with Gasteiger partial charge in [0.2, 0.25) is 5.91 Å². The number of hydrogen-bond acceptors (Lipinski definition) is 5. The molecule has 7 heteroatoms. The van der Waals surface area contributed by atoms with E-state index in [-0.39, 0.29) is 11.8 Å². The van der Waals surface area contributed by atoms with Crippen molar-refractivity contribution < 1.29 is 4.79 Å². The lowest BCUT2D eigenvalue weighted by Crippen LogP contribution is -2.43. The van der Waals surface area contributed by atoms with E-state index in [1.807, 2.05) is 43.0 Å². The molecule has 1 saturated heterocycles. The van der Waals surface area contributed by atoms with Crippen LogP contribution in [0.2, 0.25) is 0 Å². The molecule has 4 rings (SSSR count). The van der Waals surface area contributed by atoms with Crippen LogP contribution in [0.5, 0.6) is 0 Å². The molecule has 0 radical (unpaired) electrons. The first kappa shape index (κ1) is 17.5. The Kier molecular flexibility index (Phi) is 4.75. The Morgan fingerprint density at radius 1 is 1.33 bits per heavy atom. The van der Waals surface area contributed by atoms with Gasteiger partial charge in [-0.3, -0.25) is 14.5 Å². The summed E-state index contributed by atoms with van der Waals surface area (Å²) < 4.78 is 1.89. The van der Waals surface area contributed by atoms with Crippen molar-refractivity contribution in [1.82, 2.24) is 25.1 Å². The Labute approximate surface area is 158 Å². The highest BCUT2D eigenvalue weighted by molar-refractivity contribution is 5.91. The number of rotatable bonds is 4. The van der Waals surface area contributed by atoms with Gasteiger partial charge >= 0.3 is 0 Å². The molecule has 1 aliphatic rings. The minimum Gasteiger partial charge on any atom is -0.354 e. The number of aryl methyl sites for hydroxylation is 2. The fourth-order valence-corrected chi connectivity index (χ4v) is 3.83. The molecule has 0 saturated carbocycles. The van der Waals surface area contributed by atoms with Crippen molar-refractivity contribution in [2.75, 3.05) is 18.0 Å². The summed E-state index contributed by atoms with van der Waals surface area (Å²) in [5.74, 6) is 0.971. The molecule has 0 spiro atoms. The van der Waals surface area contributed by atoms with Crippen molar-refractivity contribution in [1.29, 1.82) is 0 Å². The number of carbonyl (C=O) groups is 1. The summed E-state index contributed by atoms with van der Waals surface area (Å²) in [6, 6.07) is 5.85. The van der Waals surface area contributed by atoms with Gasteiger partial charge in [0.15, 0.2) is 5.82 Å². The molecular weight excluding hydrogens is 340 g/mol. The Morgan fingerprint density at radius 2 is 2.22 bits per heavy atom. The SMILES string of the molecule is Cc1nn(C)c2c(N3CCC[C@@H](C(=O)NCc4cccnc4)C3)nccc12. The van der Waals surface area contributed by atoms with Gasteiger partial charge in [0, 0.05) is 50.7 Å². The van der Waals surface area contributed by atoms with Gasteiger partial charge in [0.25, 0.3) is 0 Å². The van der Waals surface area contributed by atoms with E-state index >= 15 is 0 Å². The van der Waals surface area contributed by atoms with Gasteiger partial charge in [-0.05, 0) is 37.5 Å². The number of anilines is 1. The summed E-state index contributed by atoms with van der Waals surface area (Å²) in [5.41, 5.74) is 3.04. The maximum Gasteiger partial charge on any atom is 0.225 e. The van der Waals surface area contributed by atoms with Crippen molar-refractivity contribution in [3.05, 3.63) is 48.0 Å². The van der Waals surface area contributed by atoms with Gasteiger partial charge in [0.05, 0.1) is 11.6 Å². The molecule has 3 aromatic heterocycles. The van der Waals surface area contributed by atoms with Crippen LogP contribution in [0.3, 0.4) is 0 Å². The smallest absolute Gasteiger partial charge is 0.225 e. The van der Waals surface area contributed by atoms with Crippen molar-refractivity contribution in [3.63, 3.8) is 0 Å². The average Bonchev–Trinajstić information content (AvgIpc) is 3.01. The van der Waals surface area contributed by atoms with Crippen molar-refractivity contribution >= 4 is 22.6 Å². The number of pyridine rings is 2. The first-order valence-corrected chi connectivity index (χ1v) is 9.33. The second-order valence-corrected chi connectivity index (χ2v) is 7.10. The first-order chi connectivity index (χ1) is 13.1. The van der Waals surface area contributed by atoms with Crippen LogP contribution < -0.4 is 10.2 Å². The van der Waals surface area contributed by atoms with Gasteiger partial charge in [-0.25, -0.2) is 4.98 Å². The van der Waals surface area contributed by atoms with E-state index in [1.54, 1.807) is 12.4 Å². The van der Waals surface area contributed by atoms with Gasteiger partial charge in [-0.15, -0.1) is 0 Å². The molecule has 1 amide bonds. The molecule has 27 heavy (non-hydrogen) atoms. The topological polar surface area (TPSA) is 75.9 Å². The molecule has 1 atom stereocenters. The minimum absolute atomic E-state index is 0.0400. The lowest BCUT2D eigenvalue weighted by atomic mass is 9.97. The third-order valence-electron chi connectivity index (χ3n) is 5.20.